The molecule has 88 valence electrons. The van der Waals surface area contributed by atoms with Gasteiger partial charge in [0.2, 0.25) is 0 Å². The van der Waals surface area contributed by atoms with Crippen molar-refractivity contribution in [3.8, 4) is 5.75 Å². The van der Waals surface area contributed by atoms with Gasteiger partial charge in [-0.25, -0.2) is 0 Å². The molecule has 16 heavy (non-hydrogen) atoms. The highest BCUT2D eigenvalue weighted by Crippen LogP contribution is 2.19. The highest BCUT2D eigenvalue weighted by molar-refractivity contribution is 5.33. The molecule has 1 aliphatic rings. The van der Waals surface area contributed by atoms with Crippen LogP contribution in [-0.4, -0.2) is 32.4 Å². The maximum absolute atomic E-state index is 5.34. The van der Waals surface area contributed by atoms with Gasteiger partial charge in [-0.1, -0.05) is 18.2 Å². The molecule has 0 radical (unpaired) electrons. The predicted octanol–water partition coefficient (Wildman–Crippen LogP) is 1.61. The number of benzene rings is 1. The summed E-state index contributed by atoms with van der Waals surface area (Å²) >= 11 is 0. The van der Waals surface area contributed by atoms with Crippen molar-refractivity contribution in [3.63, 3.8) is 0 Å². The first-order valence-corrected chi connectivity index (χ1v) is 5.75. The van der Waals surface area contributed by atoms with Gasteiger partial charge in [0.05, 0.1) is 26.4 Å². The number of para-hydroxylation sites is 1. The van der Waals surface area contributed by atoms with E-state index in [1.54, 1.807) is 7.11 Å². The van der Waals surface area contributed by atoms with Crippen LogP contribution in [0.3, 0.4) is 0 Å². The second kappa shape index (κ2) is 5.32. The standard InChI is InChI=1S/C13H19NO2/c1-10(14-12-8-16-9-12)7-11-5-3-4-6-13(11)15-2/h3-6,10,12,14H,7-9H2,1-2H3. The lowest BCUT2D eigenvalue weighted by atomic mass is 10.0. The van der Waals surface area contributed by atoms with Gasteiger partial charge in [0, 0.05) is 6.04 Å². The van der Waals surface area contributed by atoms with Crippen LogP contribution in [-0.2, 0) is 11.2 Å². The summed E-state index contributed by atoms with van der Waals surface area (Å²) in [5.74, 6) is 0.973. The van der Waals surface area contributed by atoms with Gasteiger partial charge in [0.1, 0.15) is 5.75 Å². The van der Waals surface area contributed by atoms with E-state index in [1.807, 2.05) is 12.1 Å². The zero-order chi connectivity index (χ0) is 11.4. The molecule has 3 heteroatoms. The fourth-order valence-electron chi connectivity index (χ4n) is 1.99. The third kappa shape index (κ3) is 2.74. The van der Waals surface area contributed by atoms with Crippen LogP contribution in [0, 0.1) is 0 Å². The van der Waals surface area contributed by atoms with Crippen LogP contribution >= 0.6 is 0 Å². The summed E-state index contributed by atoms with van der Waals surface area (Å²) in [6, 6.07) is 9.16. The zero-order valence-corrected chi connectivity index (χ0v) is 9.90. The SMILES string of the molecule is COc1ccccc1CC(C)NC1COC1. The fourth-order valence-corrected chi connectivity index (χ4v) is 1.99. The third-order valence-corrected chi connectivity index (χ3v) is 2.88. The molecule has 1 saturated heterocycles. The van der Waals surface area contributed by atoms with Crippen molar-refractivity contribution in [2.24, 2.45) is 0 Å². The van der Waals surface area contributed by atoms with Gasteiger partial charge in [-0.05, 0) is 25.0 Å². The lowest BCUT2D eigenvalue weighted by Crippen LogP contribution is -2.50. The monoisotopic (exact) mass is 221 g/mol. The van der Waals surface area contributed by atoms with E-state index < -0.39 is 0 Å². The second-order valence-electron chi connectivity index (χ2n) is 4.32. The molecule has 1 heterocycles. The summed E-state index contributed by atoms with van der Waals surface area (Å²) in [4.78, 5) is 0. The molecule has 1 aromatic rings. The van der Waals surface area contributed by atoms with Crippen LogP contribution < -0.4 is 10.1 Å². The van der Waals surface area contributed by atoms with E-state index in [-0.39, 0.29) is 0 Å². The summed E-state index contributed by atoms with van der Waals surface area (Å²) in [5.41, 5.74) is 1.25. The second-order valence-corrected chi connectivity index (χ2v) is 4.32. The number of nitrogens with one attached hydrogen (secondary N) is 1. The molecule has 1 unspecified atom stereocenters. The van der Waals surface area contributed by atoms with Gasteiger partial charge in [0.25, 0.3) is 0 Å². The number of rotatable bonds is 5. The Balaban J connectivity index is 1.91. The number of methoxy groups -OCH3 is 1. The Morgan fingerprint density at radius 2 is 2.19 bits per heavy atom. The van der Waals surface area contributed by atoms with Crippen molar-refractivity contribution >= 4 is 0 Å². The minimum atomic E-state index is 0.449. The lowest BCUT2D eigenvalue weighted by molar-refractivity contribution is -0.00910. The van der Waals surface area contributed by atoms with Gasteiger partial charge in [0.15, 0.2) is 0 Å². The highest BCUT2D eigenvalue weighted by atomic mass is 16.5. The molecule has 1 fully saturated rings. The smallest absolute Gasteiger partial charge is 0.122 e. The first-order valence-electron chi connectivity index (χ1n) is 5.75. The average Bonchev–Trinajstić information content (AvgIpc) is 2.24. The van der Waals surface area contributed by atoms with Crippen LogP contribution in [0.25, 0.3) is 0 Å². The molecule has 3 nitrogen and oxygen atoms in total. The van der Waals surface area contributed by atoms with Crippen molar-refractivity contribution < 1.29 is 9.47 Å². The minimum absolute atomic E-state index is 0.449. The average molecular weight is 221 g/mol. The van der Waals surface area contributed by atoms with E-state index >= 15 is 0 Å². The number of ether oxygens (including phenoxy) is 2. The molecular weight excluding hydrogens is 202 g/mol. The van der Waals surface area contributed by atoms with Gasteiger partial charge >= 0.3 is 0 Å². The molecule has 2 rings (SSSR count). The fraction of sp³-hybridized carbons (Fsp3) is 0.538. The summed E-state index contributed by atoms with van der Waals surface area (Å²) in [6.07, 6.45) is 0.987. The van der Waals surface area contributed by atoms with E-state index in [1.165, 1.54) is 5.56 Å². The van der Waals surface area contributed by atoms with E-state index in [0.29, 0.717) is 12.1 Å². The van der Waals surface area contributed by atoms with E-state index in [2.05, 4.69) is 24.4 Å². The van der Waals surface area contributed by atoms with Crippen LogP contribution in [0.2, 0.25) is 0 Å². The van der Waals surface area contributed by atoms with Crippen molar-refractivity contribution in [2.45, 2.75) is 25.4 Å². The van der Waals surface area contributed by atoms with Crippen molar-refractivity contribution in [3.05, 3.63) is 29.8 Å². The van der Waals surface area contributed by atoms with Crippen molar-refractivity contribution in [1.82, 2.24) is 5.32 Å². The highest BCUT2D eigenvalue weighted by Gasteiger charge is 2.20. The molecule has 0 amide bonds. The first-order chi connectivity index (χ1) is 7.79. The quantitative estimate of drug-likeness (QED) is 0.819. The van der Waals surface area contributed by atoms with Crippen LogP contribution in [0.15, 0.2) is 24.3 Å². The lowest BCUT2D eigenvalue weighted by Gasteiger charge is -2.30. The first kappa shape index (κ1) is 11.4. The van der Waals surface area contributed by atoms with Gasteiger partial charge in [-0.15, -0.1) is 0 Å². The molecule has 1 atom stereocenters. The maximum Gasteiger partial charge on any atom is 0.122 e. The molecule has 0 aromatic heterocycles. The van der Waals surface area contributed by atoms with Gasteiger partial charge < -0.3 is 14.8 Å². The largest absolute Gasteiger partial charge is 0.496 e. The summed E-state index contributed by atoms with van der Waals surface area (Å²) < 4.78 is 10.5. The van der Waals surface area contributed by atoms with E-state index in [0.717, 1.165) is 25.4 Å². The zero-order valence-electron chi connectivity index (χ0n) is 9.90. The van der Waals surface area contributed by atoms with Crippen LogP contribution in [0.1, 0.15) is 12.5 Å². The molecule has 1 aromatic carbocycles. The predicted molar refractivity (Wildman–Crippen MR) is 63.9 cm³/mol. The number of hydrogen-bond acceptors (Lipinski definition) is 3. The van der Waals surface area contributed by atoms with E-state index in [4.69, 9.17) is 9.47 Å². The van der Waals surface area contributed by atoms with Crippen molar-refractivity contribution in [1.29, 1.82) is 0 Å². The molecule has 0 saturated carbocycles. The van der Waals surface area contributed by atoms with Crippen LogP contribution in [0.5, 0.6) is 5.75 Å². The Hall–Kier alpha value is -1.06. The normalized spacial score (nSPS) is 17.9. The molecular formula is C13H19NO2. The Kier molecular flexibility index (Phi) is 3.80. The van der Waals surface area contributed by atoms with Crippen molar-refractivity contribution in [2.75, 3.05) is 20.3 Å². The Morgan fingerprint density at radius 3 is 2.81 bits per heavy atom. The van der Waals surface area contributed by atoms with Gasteiger partial charge in [-0.3, -0.25) is 0 Å². The summed E-state index contributed by atoms with van der Waals surface area (Å²) in [6.45, 7) is 3.89. The Morgan fingerprint density at radius 1 is 1.44 bits per heavy atom. The van der Waals surface area contributed by atoms with E-state index in [9.17, 15) is 0 Å². The van der Waals surface area contributed by atoms with Crippen LogP contribution in [0.4, 0.5) is 0 Å². The Labute approximate surface area is 96.8 Å². The summed E-state index contributed by atoms with van der Waals surface area (Å²) in [5, 5.41) is 3.54. The molecule has 0 spiro atoms. The molecule has 1 aliphatic heterocycles. The molecule has 0 bridgehead atoms. The minimum Gasteiger partial charge on any atom is -0.496 e. The van der Waals surface area contributed by atoms with Gasteiger partial charge in [-0.2, -0.15) is 0 Å². The third-order valence-electron chi connectivity index (χ3n) is 2.88. The maximum atomic E-state index is 5.34. The summed E-state index contributed by atoms with van der Waals surface area (Å²) in [7, 11) is 1.72. The molecule has 0 aliphatic carbocycles. The Bertz CT molecular complexity index is 336. The number of hydrogen-bond donors (Lipinski definition) is 1. The molecule has 1 N–H and O–H groups in total. The topological polar surface area (TPSA) is 30.5 Å².